The topological polar surface area (TPSA) is 81.4 Å². The Balaban J connectivity index is 1.80. The van der Waals surface area contributed by atoms with Gasteiger partial charge in [-0.1, -0.05) is 20.8 Å². The molecule has 1 N–H and O–H groups in total. The number of rotatable bonds is 3. The average Bonchev–Trinajstić information content (AvgIpc) is 3.12. The molecule has 0 saturated heterocycles. The molecule has 1 atom stereocenters. The van der Waals surface area contributed by atoms with Gasteiger partial charge in [0.25, 0.3) is 5.56 Å². The van der Waals surface area contributed by atoms with Crippen molar-refractivity contribution < 1.29 is 19.0 Å². The summed E-state index contributed by atoms with van der Waals surface area (Å²) in [6, 6.07) is 5.10. The number of cyclic esters (lactones) is 1. The van der Waals surface area contributed by atoms with E-state index in [4.69, 9.17) is 9.72 Å². The molecule has 0 saturated carbocycles. The fourth-order valence-electron chi connectivity index (χ4n) is 4.88. The van der Waals surface area contributed by atoms with Gasteiger partial charge in [-0.25, -0.2) is 14.2 Å². The molecular weight excluding hydrogens is 431 g/mol. The van der Waals surface area contributed by atoms with Crippen LogP contribution in [-0.2, 0) is 28.3 Å². The molecule has 2 aliphatic rings. The molecule has 0 unspecified atom stereocenters. The summed E-state index contributed by atoms with van der Waals surface area (Å²) < 4.78 is 21.6. The lowest BCUT2D eigenvalue weighted by molar-refractivity contribution is -0.172. The third kappa shape index (κ3) is 2.72. The van der Waals surface area contributed by atoms with E-state index in [0.717, 1.165) is 16.5 Å². The summed E-state index contributed by atoms with van der Waals surface area (Å²) in [6.45, 7) is 5.87. The number of halogens is 1. The molecule has 1 aromatic carbocycles. The zero-order valence-corrected chi connectivity index (χ0v) is 19.1. The molecule has 0 bridgehead atoms. The predicted octanol–water partition coefficient (Wildman–Crippen LogP) is 4.06. The quantitative estimate of drug-likeness (QED) is 0.371. The number of hydrogen-bond donors (Lipinski definition) is 1. The minimum atomic E-state index is -1.87. The maximum Gasteiger partial charge on any atom is 0.343 e. The number of aromatic nitrogens is 2. The molecule has 3 aromatic rings. The second-order valence-electron chi connectivity index (χ2n) is 8.63. The predicted molar refractivity (Wildman–Crippen MR) is 120 cm³/mol. The van der Waals surface area contributed by atoms with Crippen LogP contribution >= 0.6 is 11.8 Å². The van der Waals surface area contributed by atoms with Crippen molar-refractivity contribution in [3.05, 3.63) is 56.6 Å². The highest BCUT2D eigenvalue weighted by Crippen LogP contribution is 2.41. The molecule has 0 radical (unpaired) electrons. The van der Waals surface area contributed by atoms with Crippen LogP contribution in [0.2, 0.25) is 0 Å². The number of hydrogen-bond acceptors (Lipinski definition) is 6. The van der Waals surface area contributed by atoms with E-state index < -0.39 is 11.6 Å². The van der Waals surface area contributed by atoms with Crippen LogP contribution in [0.5, 0.6) is 0 Å². The number of aliphatic hydroxyl groups is 1. The first-order valence-electron chi connectivity index (χ1n) is 10.6. The maximum atomic E-state index is 14.9. The van der Waals surface area contributed by atoms with Gasteiger partial charge >= 0.3 is 5.97 Å². The monoisotopic (exact) mass is 454 g/mol. The van der Waals surface area contributed by atoms with Gasteiger partial charge in [-0.2, -0.15) is 0 Å². The van der Waals surface area contributed by atoms with Crippen LogP contribution in [0.3, 0.4) is 0 Å². The van der Waals surface area contributed by atoms with Gasteiger partial charge in [0.15, 0.2) is 5.60 Å². The lowest BCUT2D eigenvalue weighted by Crippen LogP contribution is -2.44. The third-order valence-corrected chi connectivity index (χ3v) is 7.36. The summed E-state index contributed by atoms with van der Waals surface area (Å²) in [7, 11) is 0. The minimum Gasteiger partial charge on any atom is -0.458 e. The van der Waals surface area contributed by atoms with E-state index in [0.29, 0.717) is 28.3 Å². The standard InChI is InChI=1S/C24H23FN2O4S/c1-5-24(30)15-7-18-20-12(9-27(18)22(28)14(15)10-31-23(24)29)6-13-17(26-20)8-16(25)21(32-4)19(13)11(2)3/h6-8,11,30H,5,9-10H2,1-4H3/t24-/m0/s1. The van der Waals surface area contributed by atoms with Gasteiger partial charge in [0, 0.05) is 27.5 Å². The van der Waals surface area contributed by atoms with Gasteiger partial charge in [0.05, 0.1) is 29.0 Å². The fraction of sp³-hybridized carbons (Fsp3) is 0.375. The van der Waals surface area contributed by atoms with E-state index in [1.54, 1.807) is 17.6 Å². The lowest BCUT2D eigenvalue weighted by Gasteiger charge is -2.31. The van der Waals surface area contributed by atoms with E-state index in [1.807, 2.05) is 26.2 Å². The molecule has 0 amide bonds. The largest absolute Gasteiger partial charge is 0.458 e. The van der Waals surface area contributed by atoms with Gasteiger partial charge in [0.2, 0.25) is 0 Å². The Morgan fingerprint density at radius 1 is 1.31 bits per heavy atom. The summed E-state index contributed by atoms with van der Waals surface area (Å²) in [5, 5.41) is 11.8. The Morgan fingerprint density at radius 3 is 2.72 bits per heavy atom. The number of carbonyl (C=O) groups is 1. The maximum absolute atomic E-state index is 14.9. The van der Waals surface area contributed by atoms with Crippen LogP contribution in [0, 0.1) is 5.82 Å². The normalized spacial score (nSPS) is 19.2. The summed E-state index contributed by atoms with van der Waals surface area (Å²) in [5.41, 5.74) is 1.75. The van der Waals surface area contributed by atoms with Gasteiger partial charge in [0.1, 0.15) is 12.4 Å². The van der Waals surface area contributed by atoms with E-state index in [2.05, 4.69) is 0 Å². The molecule has 0 spiro atoms. The number of ether oxygens (including phenoxy) is 1. The number of pyridine rings is 2. The molecule has 4 heterocycles. The second-order valence-corrected chi connectivity index (χ2v) is 9.44. The van der Waals surface area contributed by atoms with Gasteiger partial charge in [-0.15, -0.1) is 11.8 Å². The molecule has 32 heavy (non-hydrogen) atoms. The lowest BCUT2D eigenvalue weighted by atomic mass is 9.86. The SMILES string of the molecule is CC[C@@]1(O)C(=O)OCc2c1cc1n(c2=O)Cc2cc3c(C(C)C)c(SC)c(F)cc3nc2-1. The smallest absolute Gasteiger partial charge is 0.343 e. The summed E-state index contributed by atoms with van der Waals surface area (Å²) in [6.07, 6.45) is 1.94. The van der Waals surface area contributed by atoms with Crippen molar-refractivity contribution >= 4 is 28.6 Å². The zero-order valence-electron chi connectivity index (χ0n) is 18.3. The number of benzene rings is 1. The Morgan fingerprint density at radius 2 is 2.06 bits per heavy atom. The molecule has 0 aliphatic carbocycles. The van der Waals surface area contributed by atoms with E-state index in [-0.39, 0.29) is 41.4 Å². The van der Waals surface area contributed by atoms with Crippen molar-refractivity contribution in [1.82, 2.24) is 9.55 Å². The van der Waals surface area contributed by atoms with Crippen molar-refractivity contribution in [3.8, 4) is 11.4 Å². The van der Waals surface area contributed by atoms with Crippen molar-refractivity contribution in [3.63, 3.8) is 0 Å². The van der Waals surface area contributed by atoms with Crippen LogP contribution in [-0.4, -0.2) is 26.9 Å². The van der Waals surface area contributed by atoms with Crippen molar-refractivity contribution in [2.24, 2.45) is 0 Å². The van der Waals surface area contributed by atoms with Crippen LogP contribution in [0.1, 0.15) is 55.4 Å². The Bertz CT molecular complexity index is 1380. The van der Waals surface area contributed by atoms with E-state index in [9.17, 15) is 19.1 Å². The van der Waals surface area contributed by atoms with Crippen LogP contribution in [0.4, 0.5) is 4.39 Å². The Labute approximate surface area is 188 Å². The van der Waals surface area contributed by atoms with Gasteiger partial charge in [-0.3, -0.25) is 4.79 Å². The Hall–Kier alpha value is -2.71. The molecule has 6 nitrogen and oxygen atoms in total. The number of esters is 1. The van der Waals surface area contributed by atoms with Crippen LogP contribution in [0.15, 0.2) is 27.9 Å². The van der Waals surface area contributed by atoms with Crippen molar-refractivity contribution in [1.29, 1.82) is 0 Å². The fourth-order valence-corrected chi connectivity index (χ4v) is 5.70. The first kappa shape index (κ1) is 21.2. The zero-order chi connectivity index (χ0) is 22.9. The summed E-state index contributed by atoms with van der Waals surface area (Å²) >= 11 is 1.38. The molecule has 2 aliphatic heterocycles. The summed E-state index contributed by atoms with van der Waals surface area (Å²) in [4.78, 5) is 30.9. The number of carbonyl (C=O) groups excluding carboxylic acids is 1. The number of fused-ring (bicyclic) bond motifs is 5. The third-order valence-electron chi connectivity index (χ3n) is 6.54. The molecule has 0 fully saturated rings. The molecule has 2 aromatic heterocycles. The van der Waals surface area contributed by atoms with Crippen LogP contribution in [0.25, 0.3) is 22.3 Å². The summed E-state index contributed by atoms with van der Waals surface area (Å²) in [5.74, 6) is -0.975. The van der Waals surface area contributed by atoms with E-state index in [1.165, 1.54) is 17.8 Å². The number of thioether (sulfide) groups is 1. The minimum absolute atomic E-state index is 0.0835. The highest BCUT2D eigenvalue weighted by Gasteiger charge is 2.45. The van der Waals surface area contributed by atoms with Gasteiger partial charge < -0.3 is 14.4 Å². The highest BCUT2D eigenvalue weighted by molar-refractivity contribution is 7.98. The average molecular weight is 455 g/mol. The van der Waals surface area contributed by atoms with E-state index >= 15 is 0 Å². The molecule has 166 valence electrons. The first-order chi connectivity index (χ1) is 15.2. The first-order valence-corrected chi connectivity index (χ1v) is 11.8. The number of nitrogens with zero attached hydrogens (tertiary/aromatic N) is 2. The second kappa shape index (κ2) is 7.15. The van der Waals surface area contributed by atoms with Gasteiger partial charge in [-0.05, 0) is 36.3 Å². The van der Waals surface area contributed by atoms with Crippen molar-refractivity contribution in [2.45, 2.75) is 56.8 Å². The molecule has 8 heteroatoms. The highest BCUT2D eigenvalue weighted by atomic mass is 32.2. The Kier molecular flexibility index (Phi) is 4.73. The molecular formula is C24H23FN2O4S. The van der Waals surface area contributed by atoms with Crippen molar-refractivity contribution in [2.75, 3.05) is 6.26 Å². The van der Waals surface area contributed by atoms with Crippen LogP contribution < -0.4 is 5.56 Å². The molecule has 5 rings (SSSR count).